The Bertz CT molecular complexity index is 432. The van der Waals surface area contributed by atoms with Crippen LogP contribution in [-0.2, 0) is 0 Å². The molecule has 20 heavy (non-hydrogen) atoms. The van der Waals surface area contributed by atoms with Gasteiger partial charge >= 0.3 is 0 Å². The minimum Gasteiger partial charge on any atom is -0.490 e. The summed E-state index contributed by atoms with van der Waals surface area (Å²) in [4.78, 5) is 0. The number of rotatable bonds is 7. The van der Waals surface area contributed by atoms with E-state index in [2.05, 4.69) is 5.32 Å². The first-order valence-electron chi connectivity index (χ1n) is 7.16. The molecule has 114 valence electrons. The maximum absolute atomic E-state index is 14.0. The number of ether oxygens (including phenoxy) is 1. The van der Waals surface area contributed by atoms with Crippen LogP contribution in [0.5, 0.6) is 5.75 Å². The quantitative estimate of drug-likeness (QED) is 0.807. The van der Waals surface area contributed by atoms with Crippen molar-refractivity contribution >= 4 is 0 Å². The van der Waals surface area contributed by atoms with Gasteiger partial charge in [-0.2, -0.15) is 0 Å². The molecule has 2 atom stereocenters. The Morgan fingerprint density at radius 1 is 1.35 bits per heavy atom. The second-order valence-corrected chi connectivity index (χ2v) is 5.76. The molecule has 0 aliphatic carbocycles. The molecular formula is C16H26FNO2. The van der Waals surface area contributed by atoms with Crippen molar-refractivity contribution in [2.24, 2.45) is 5.92 Å². The Labute approximate surface area is 121 Å². The van der Waals surface area contributed by atoms with Crippen molar-refractivity contribution in [2.75, 3.05) is 13.2 Å². The highest BCUT2D eigenvalue weighted by atomic mass is 19.1. The molecular weight excluding hydrogens is 257 g/mol. The van der Waals surface area contributed by atoms with Gasteiger partial charge in [-0.15, -0.1) is 0 Å². The summed E-state index contributed by atoms with van der Waals surface area (Å²) >= 11 is 0. The smallest absolute Gasteiger partial charge is 0.131 e. The summed E-state index contributed by atoms with van der Waals surface area (Å²) in [5.41, 5.74) is -0.304. The highest BCUT2D eigenvalue weighted by Crippen LogP contribution is 2.24. The van der Waals surface area contributed by atoms with E-state index in [9.17, 15) is 9.50 Å². The summed E-state index contributed by atoms with van der Waals surface area (Å²) < 4.78 is 19.5. The number of halogens is 1. The van der Waals surface area contributed by atoms with Crippen molar-refractivity contribution in [3.05, 3.63) is 29.6 Å². The predicted octanol–water partition coefficient (Wildman–Crippen LogP) is 3.28. The van der Waals surface area contributed by atoms with Crippen molar-refractivity contribution in [1.82, 2.24) is 5.32 Å². The third kappa shape index (κ3) is 4.46. The zero-order valence-corrected chi connectivity index (χ0v) is 13.0. The van der Waals surface area contributed by atoms with Gasteiger partial charge in [0.05, 0.1) is 5.60 Å². The SMILES string of the molecule is CCNC(C)c1ccc(OCC(C)(O)C(C)C)cc1F. The van der Waals surface area contributed by atoms with Gasteiger partial charge in [0.25, 0.3) is 0 Å². The topological polar surface area (TPSA) is 41.5 Å². The van der Waals surface area contributed by atoms with Gasteiger partial charge in [-0.3, -0.25) is 0 Å². The first-order valence-corrected chi connectivity index (χ1v) is 7.16. The van der Waals surface area contributed by atoms with Crippen LogP contribution in [0.25, 0.3) is 0 Å². The molecule has 0 aromatic heterocycles. The monoisotopic (exact) mass is 283 g/mol. The number of aliphatic hydroxyl groups is 1. The van der Waals surface area contributed by atoms with Gasteiger partial charge < -0.3 is 15.2 Å². The third-order valence-corrected chi connectivity index (χ3v) is 3.72. The summed E-state index contributed by atoms with van der Waals surface area (Å²) in [6.07, 6.45) is 0. The van der Waals surface area contributed by atoms with E-state index in [1.54, 1.807) is 19.1 Å². The fourth-order valence-electron chi connectivity index (χ4n) is 1.76. The number of nitrogens with one attached hydrogen (secondary N) is 1. The lowest BCUT2D eigenvalue weighted by Gasteiger charge is -2.27. The highest BCUT2D eigenvalue weighted by molar-refractivity contribution is 5.30. The molecule has 0 amide bonds. The van der Waals surface area contributed by atoms with Crippen LogP contribution in [0, 0.1) is 11.7 Å². The number of benzene rings is 1. The molecule has 0 saturated carbocycles. The molecule has 0 aliphatic heterocycles. The van der Waals surface area contributed by atoms with Gasteiger partial charge in [0.15, 0.2) is 0 Å². The van der Waals surface area contributed by atoms with Crippen molar-refractivity contribution in [3.63, 3.8) is 0 Å². The van der Waals surface area contributed by atoms with Gasteiger partial charge in [0, 0.05) is 17.7 Å². The van der Waals surface area contributed by atoms with E-state index in [4.69, 9.17) is 4.74 Å². The second-order valence-electron chi connectivity index (χ2n) is 5.76. The largest absolute Gasteiger partial charge is 0.490 e. The van der Waals surface area contributed by atoms with E-state index in [1.807, 2.05) is 27.7 Å². The molecule has 2 N–H and O–H groups in total. The van der Waals surface area contributed by atoms with Gasteiger partial charge in [-0.25, -0.2) is 4.39 Å². The molecule has 3 nitrogen and oxygen atoms in total. The van der Waals surface area contributed by atoms with Crippen LogP contribution in [0.3, 0.4) is 0 Å². The number of hydrogen-bond acceptors (Lipinski definition) is 3. The van der Waals surface area contributed by atoms with Crippen molar-refractivity contribution in [1.29, 1.82) is 0 Å². The lowest BCUT2D eigenvalue weighted by Crippen LogP contribution is -2.37. The third-order valence-electron chi connectivity index (χ3n) is 3.72. The lowest BCUT2D eigenvalue weighted by atomic mass is 9.94. The summed E-state index contributed by atoms with van der Waals surface area (Å²) in [6.45, 7) is 10.4. The van der Waals surface area contributed by atoms with E-state index in [1.165, 1.54) is 6.07 Å². The van der Waals surface area contributed by atoms with E-state index in [0.717, 1.165) is 6.54 Å². The molecule has 0 radical (unpaired) electrons. The fraction of sp³-hybridized carbons (Fsp3) is 0.625. The fourth-order valence-corrected chi connectivity index (χ4v) is 1.76. The molecule has 1 aromatic carbocycles. The molecule has 2 unspecified atom stereocenters. The van der Waals surface area contributed by atoms with Gasteiger partial charge in [-0.05, 0) is 32.4 Å². The molecule has 0 saturated heterocycles. The second kappa shape index (κ2) is 7.04. The van der Waals surface area contributed by atoms with Crippen LogP contribution in [0.2, 0.25) is 0 Å². The Morgan fingerprint density at radius 2 is 2.00 bits per heavy atom. The Balaban J connectivity index is 2.73. The zero-order chi connectivity index (χ0) is 15.3. The van der Waals surface area contributed by atoms with Crippen LogP contribution in [0.4, 0.5) is 4.39 Å². The minimum absolute atomic E-state index is 0.0344. The number of hydrogen-bond donors (Lipinski definition) is 2. The summed E-state index contributed by atoms with van der Waals surface area (Å²) in [5, 5.41) is 13.3. The van der Waals surface area contributed by atoms with E-state index < -0.39 is 5.60 Å². The Morgan fingerprint density at radius 3 is 2.50 bits per heavy atom. The summed E-state index contributed by atoms with van der Waals surface area (Å²) in [6, 6.07) is 4.80. The first kappa shape index (κ1) is 16.9. The zero-order valence-electron chi connectivity index (χ0n) is 13.0. The highest BCUT2D eigenvalue weighted by Gasteiger charge is 2.26. The molecule has 0 bridgehead atoms. The van der Waals surface area contributed by atoms with Gasteiger partial charge in [0.2, 0.25) is 0 Å². The normalized spacial score (nSPS) is 16.0. The van der Waals surface area contributed by atoms with Crippen molar-refractivity contribution in [2.45, 2.75) is 46.3 Å². The van der Waals surface area contributed by atoms with Crippen LogP contribution in [0.15, 0.2) is 18.2 Å². The molecule has 0 fully saturated rings. The summed E-state index contributed by atoms with van der Waals surface area (Å²) in [7, 11) is 0. The molecule has 4 heteroatoms. The molecule has 0 heterocycles. The van der Waals surface area contributed by atoms with E-state index >= 15 is 0 Å². The average Bonchev–Trinajstić information content (AvgIpc) is 2.36. The average molecular weight is 283 g/mol. The lowest BCUT2D eigenvalue weighted by molar-refractivity contribution is -0.0267. The maximum Gasteiger partial charge on any atom is 0.131 e. The Hall–Kier alpha value is -1.13. The molecule has 1 aromatic rings. The van der Waals surface area contributed by atoms with Crippen LogP contribution in [-0.4, -0.2) is 23.9 Å². The van der Waals surface area contributed by atoms with Crippen LogP contribution < -0.4 is 10.1 Å². The van der Waals surface area contributed by atoms with E-state index in [0.29, 0.717) is 11.3 Å². The Kier molecular flexibility index (Phi) is 5.96. The maximum atomic E-state index is 14.0. The van der Waals surface area contributed by atoms with Crippen molar-refractivity contribution in [3.8, 4) is 5.75 Å². The van der Waals surface area contributed by atoms with Gasteiger partial charge in [0.1, 0.15) is 18.2 Å². The molecule has 1 rings (SSSR count). The van der Waals surface area contributed by atoms with Crippen LogP contribution in [0.1, 0.15) is 46.2 Å². The standard InChI is InChI=1S/C16H26FNO2/c1-6-18-12(4)14-8-7-13(9-15(14)17)20-10-16(5,19)11(2)3/h7-9,11-12,18-19H,6,10H2,1-5H3. The van der Waals surface area contributed by atoms with Crippen molar-refractivity contribution < 1.29 is 14.2 Å². The van der Waals surface area contributed by atoms with Gasteiger partial charge in [-0.1, -0.05) is 26.8 Å². The van der Waals surface area contributed by atoms with Crippen LogP contribution >= 0.6 is 0 Å². The molecule has 0 spiro atoms. The van der Waals surface area contributed by atoms with E-state index in [-0.39, 0.29) is 24.4 Å². The minimum atomic E-state index is -0.924. The summed E-state index contributed by atoms with van der Waals surface area (Å²) in [5.74, 6) is 0.219. The predicted molar refractivity (Wildman–Crippen MR) is 79.4 cm³/mol. The molecule has 0 aliphatic rings. The first-order chi connectivity index (χ1) is 9.27.